The Bertz CT molecular complexity index is 1370. The predicted molar refractivity (Wildman–Crippen MR) is 131 cm³/mol. The van der Waals surface area contributed by atoms with Crippen LogP contribution >= 0.6 is 0 Å². The Kier molecular flexibility index (Phi) is 8.41. The Labute approximate surface area is 204 Å². The number of hydrogen-bond donors (Lipinski definition) is 2. The first-order valence-corrected chi connectivity index (χ1v) is 14.6. The summed E-state index contributed by atoms with van der Waals surface area (Å²) in [6, 6.07) is 12.4. The van der Waals surface area contributed by atoms with Gasteiger partial charge in [0.2, 0.25) is 21.7 Å². The second-order valence-corrected chi connectivity index (χ2v) is 12.1. The van der Waals surface area contributed by atoms with Gasteiger partial charge in [-0.3, -0.25) is 9.59 Å². The number of carbonyl (C=O) groups is 2. The van der Waals surface area contributed by atoms with Crippen molar-refractivity contribution in [3.8, 4) is 0 Å². The number of oxazole rings is 1. The Hall–Kier alpha value is -3.09. The van der Waals surface area contributed by atoms with Crippen LogP contribution < -0.4 is 10.0 Å². The summed E-state index contributed by atoms with van der Waals surface area (Å²) in [6.45, 7) is 1.80. The summed E-state index contributed by atoms with van der Waals surface area (Å²) in [5, 5.41) is 2.49. The Morgan fingerprint density at radius 1 is 0.971 bits per heavy atom. The van der Waals surface area contributed by atoms with Gasteiger partial charge >= 0.3 is 0 Å². The molecule has 1 aromatic heterocycles. The van der Waals surface area contributed by atoms with Gasteiger partial charge in [-0.2, -0.15) is 0 Å². The fraction of sp³-hybridized carbons (Fsp3) is 0.348. The molecule has 2 N–H and O–H groups in total. The Balaban J connectivity index is 1.81. The van der Waals surface area contributed by atoms with Gasteiger partial charge < -0.3 is 9.73 Å². The van der Waals surface area contributed by atoms with E-state index in [2.05, 4.69) is 15.0 Å². The number of sulfonamides is 1. The summed E-state index contributed by atoms with van der Waals surface area (Å²) < 4.78 is 56.9. The third-order valence-corrected chi connectivity index (χ3v) is 7.36. The molecule has 188 valence electrons. The van der Waals surface area contributed by atoms with Crippen LogP contribution in [-0.4, -0.2) is 57.6 Å². The molecule has 0 saturated heterocycles. The SMILES string of the molecule is CCC[C@H](NC(=O)[C@H](CS(=O)(=O)Cc1ccccc1)NS(C)(=O)=O)C(=O)c1nc2ccccc2o1. The van der Waals surface area contributed by atoms with Crippen molar-refractivity contribution >= 4 is 42.7 Å². The number of carbonyl (C=O) groups excluding carboxylic acids is 2. The minimum atomic E-state index is -3.94. The second kappa shape index (κ2) is 11.1. The summed E-state index contributed by atoms with van der Waals surface area (Å²) in [5.74, 6) is -2.88. The van der Waals surface area contributed by atoms with E-state index in [1.807, 2.05) is 0 Å². The lowest BCUT2D eigenvalue weighted by Crippen LogP contribution is -2.54. The van der Waals surface area contributed by atoms with Crippen molar-refractivity contribution in [2.75, 3.05) is 12.0 Å². The lowest BCUT2D eigenvalue weighted by Gasteiger charge is -2.21. The maximum Gasteiger partial charge on any atom is 0.266 e. The number of nitrogens with zero attached hydrogens (tertiary/aromatic N) is 1. The number of para-hydroxylation sites is 2. The van der Waals surface area contributed by atoms with E-state index in [0.29, 0.717) is 23.1 Å². The molecular weight excluding hydrogens is 494 g/mol. The molecule has 0 bridgehead atoms. The van der Waals surface area contributed by atoms with Crippen LogP contribution in [0, 0.1) is 0 Å². The number of fused-ring (bicyclic) bond motifs is 1. The normalized spacial score (nSPS) is 13.9. The largest absolute Gasteiger partial charge is 0.434 e. The molecule has 2 aromatic carbocycles. The van der Waals surface area contributed by atoms with Crippen LogP contribution in [0.4, 0.5) is 0 Å². The van der Waals surface area contributed by atoms with Crippen molar-refractivity contribution in [1.82, 2.24) is 15.0 Å². The van der Waals surface area contributed by atoms with E-state index in [-0.39, 0.29) is 18.1 Å². The number of hydrogen-bond acceptors (Lipinski definition) is 8. The van der Waals surface area contributed by atoms with E-state index in [1.165, 1.54) is 0 Å². The average molecular weight is 522 g/mol. The Morgan fingerprint density at radius 3 is 2.26 bits per heavy atom. The lowest BCUT2D eigenvalue weighted by atomic mass is 10.1. The summed E-state index contributed by atoms with van der Waals surface area (Å²) >= 11 is 0. The topological polar surface area (TPSA) is 153 Å². The van der Waals surface area contributed by atoms with Crippen molar-refractivity contribution in [1.29, 1.82) is 0 Å². The van der Waals surface area contributed by atoms with Gasteiger partial charge in [-0.1, -0.05) is 55.8 Å². The number of benzene rings is 2. The van der Waals surface area contributed by atoms with Crippen LogP contribution in [0.1, 0.15) is 36.0 Å². The highest BCUT2D eigenvalue weighted by Crippen LogP contribution is 2.17. The van der Waals surface area contributed by atoms with Gasteiger partial charge in [0.1, 0.15) is 11.6 Å². The van der Waals surface area contributed by atoms with Crippen LogP contribution in [0.5, 0.6) is 0 Å². The van der Waals surface area contributed by atoms with E-state index < -0.39 is 49.4 Å². The molecule has 0 spiro atoms. The highest BCUT2D eigenvalue weighted by molar-refractivity contribution is 7.91. The minimum Gasteiger partial charge on any atom is -0.434 e. The van der Waals surface area contributed by atoms with Crippen LogP contribution in [0.25, 0.3) is 11.1 Å². The smallest absolute Gasteiger partial charge is 0.266 e. The van der Waals surface area contributed by atoms with Gasteiger partial charge in [-0.05, 0) is 24.1 Å². The standard InChI is InChI=1S/C23H27N3O7S2/c1-3-9-18(21(27)23-25-17-12-7-8-13-20(17)33-23)24-22(28)19(26-34(2,29)30)15-35(31,32)14-16-10-5-4-6-11-16/h4-8,10-13,18-19,26H,3,9,14-15H2,1-2H3,(H,24,28)/t18-,19-/m0/s1. The molecule has 3 aromatic rings. The molecule has 2 atom stereocenters. The van der Waals surface area contributed by atoms with E-state index in [0.717, 1.165) is 6.26 Å². The minimum absolute atomic E-state index is 0.200. The van der Waals surface area contributed by atoms with E-state index in [4.69, 9.17) is 4.42 Å². The van der Waals surface area contributed by atoms with E-state index in [1.54, 1.807) is 61.5 Å². The third-order valence-electron chi connectivity index (χ3n) is 5.04. The molecule has 0 aliphatic rings. The Morgan fingerprint density at radius 2 is 1.63 bits per heavy atom. The van der Waals surface area contributed by atoms with Gasteiger partial charge in [0, 0.05) is 0 Å². The molecule has 3 rings (SSSR count). The fourth-order valence-corrected chi connectivity index (χ4v) is 5.89. The third kappa shape index (κ3) is 7.70. The van der Waals surface area contributed by atoms with Gasteiger partial charge in [0.05, 0.1) is 23.8 Å². The van der Waals surface area contributed by atoms with Crippen molar-refractivity contribution in [2.24, 2.45) is 0 Å². The van der Waals surface area contributed by atoms with Gasteiger partial charge in [-0.25, -0.2) is 26.5 Å². The first-order valence-electron chi connectivity index (χ1n) is 10.9. The molecule has 0 unspecified atom stereocenters. The lowest BCUT2D eigenvalue weighted by molar-refractivity contribution is -0.122. The first-order chi connectivity index (χ1) is 16.5. The van der Waals surface area contributed by atoms with Crippen molar-refractivity contribution in [3.63, 3.8) is 0 Å². The number of aromatic nitrogens is 1. The average Bonchev–Trinajstić information content (AvgIpc) is 3.21. The number of rotatable bonds is 12. The highest BCUT2D eigenvalue weighted by Gasteiger charge is 2.32. The van der Waals surface area contributed by atoms with E-state index >= 15 is 0 Å². The molecule has 0 saturated carbocycles. The molecule has 0 aliphatic heterocycles. The van der Waals surface area contributed by atoms with Crippen LogP contribution in [0.2, 0.25) is 0 Å². The molecule has 0 aliphatic carbocycles. The molecule has 0 radical (unpaired) electrons. The monoisotopic (exact) mass is 521 g/mol. The zero-order chi connectivity index (χ0) is 25.6. The maximum atomic E-state index is 13.0. The molecule has 12 heteroatoms. The zero-order valence-electron chi connectivity index (χ0n) is 19.3. The van der Waals surface area contributed by atoms with Crippen molar-refractivity contribution in [3.05, 3.63) is 66.1 Å². The number of sulfone groups is 1. The van der Waals surface area contributed by atoms with Crippen molar-refractivity contribution < 1.29 is 30.8 Å². The molecule has 35 heavy (non-hydrogen) atoms. The summed E-state index contributed by atoms with van der Waals surface area (Å²) in [5.41, 5.74) is 1.38. The second-order valence-electron chi connectivity index (χ2n) is 8.18. The van der Waals surface area contributed by atoms with Gasteiger partial charge in [0.25, 0.3) is 5.89 Å². The maximum absolute atomic E-state index is 13.0. The molecular formula is C23H27N3O7S2. The number of amides is 1. The van der Waals surface area contributed by atoms with E-state index in [9.17, 15) is 26.4 Å². The first kappa shape index (κ1) is 26.5. The van der Waals surface area contributed by atoms with Crippen LogP contribution in [-0.2, 0) is 30.4 Å². The van der Waals surface area contributed by atoms with Crippen molar-refractivity contribution in [2.45, 2.75) is 37.6 Å². The summed E-state index contributed by atoms with van der Waals surface area (Å²) in [6.07, 6.45) is 1.54. The summed E-state index contributed by atoms with van der Waals surface area (Å²) in [7, 11) is -7.84. The number of Topliss-reactive ketones (excluding diaryl/α,β-unsaturated/α-hetero) is 1. The highest BCUT2D eigenvalue weighted by atomic mass is 32.2. The predicted octanol–water partition coefficient (Wildman–Crippen LogP) is 1.83. The molecule has 1 heterocycles. The quantitative estimate of drug-likeness (QED) is 0.342. The zero-order valence-corrected chi connectivity index (χ0v) is 20.9. The molecule has 0 fully saturated rings. The summed E-state index contributed by atoms with van der Waals surface area (Å²) in [4.78, 5) is 30.2. The molecule has 1 amide bonds. The number of ketones is 1. The number of nitrogens with one attached hydrogen (secondary N) is 2. The van der Waals surface area contributed by atoms with Crippen LogP contribution in [0.15, 0.2) is 59.0 Å². The van der Waals surface area contributed by atoms with Gasteiger partial charge in [0.15, 0.2) is 15.4 Å². The van der Waals surface area contributed by atoms with Gasteiger partial charge in [-0.15, -0.1) is 0 Å². The van der Waals surface area contributed by atoms with Crippen LogP contribution in [0.3, 0.4) is 0 Å². The molecule has 10 nitrogen and oxygen atoms in total. The fourth-order valence-electron chi connectivity index (χ4n) is 3.52.